The van der Waals surface area contributed by atoms with Gasteiger partial charge in [-0.3, -0.25) is 0 Å². The Morgan fingerprint density at radius 3 is 2.33 bits per heavy atom. The van der Waals surface area contributed by atoms with E-state index in [1.54, 1.807) is 0 Å². The van der Waals surface area contributed by atoms with Crippen LogP contribution >= 0.6 is 22.6 Å². The van der Waals surface area contributed by atoms with Crippen LogP contribution in [0.5, 0.6) is 0 Å². The molecule has 18 heavy (non-hydrogen) atoms. The van der Waals surface area contributed by atoms with E-state index in [0.717, 1.165) is 22.6 Å². The minimum atomic E-state index is 0.662. The first-order valence-corrected chi connectivity index (χ1v) is 6.65. The van der Waals surface area contributed by atoms with Crippen LogP contribution < -0.4 is 10.7 Å². The van der Waals surface area contributed by atoms with Crippen LogP contribution in [0.3, 0.4) is 0 Å². The molecule has 0 amide bonds. The van der Waals surface area contributed by atoms with Crippen molar-refractivity contribution in [1.29, 1.82) is 0 Å². The number of halogens is 1. The molecular formula is C14H11IN3+. The number of amidine groups is 2. The molecule has 0 spiro atoms. The van der Waals surface area contributed by atoms with Crippen LogP contribution in [-0.2, 0) is 0 Å². The number of rotatable bonds is 1. The Kier molecular flexibility index (Phi) is 2.87. The predicted octanol–water partition coefficient (Wildman–Crippen LogP) is 1.17. The minimum Gasteiger partial charge on any atom is -0.318 e. The number of nitrogen functional groups attached to an aromatic ring is 1. The molecule has 3 nitrogen and oxygen atoms in total. The molecule has 2 aromatic rings. The number of hydrogen-bond acceptors (Lipinski definition) is 2. The lowest BCUT2D eigenvalue weighted by molar-refractivity contribution is -0.311. The molecule has 0 radical (unpaired) electrons. The van der Waals surface area contributed by atoms with Gasteiger partial charge in [-0.2, -0.15) is 0 Å². The second kappa shape index (κ2) is 4.53. The van der Waals surface area contributed by atoms with E-state index >= 15 is 0 Å². The van der Waals surface area contributed by atoms with Gasteiger partial charge in [0.05, 0.1) is 11.1 Å². The zero-order chi connectivity index (χ0) is 12.5. The minimum absolute atomic E-state index is 0.662. The number of benzene rings is 2. The molecule has 0 bridgehead atoms. The predicted molar refractivity (Wildman–Crippen MR) is 81.1 cm³/mol. The van der Waals surface area contributed by atoms with E-state index in [9.17, 15) is 0 Å². The van der Waals surface area contributed by atoms with Crippen molar-refractivity contribution in [2.45, 2.75) is 0 Å². The van der Waals surface area contributed by atoms with E-state index in [-0.39, 0.29) is 0 Å². The van der Waals surface area contributed by atoms with Crippen LogP contribution in [-0.4, -0.2) is 11.7 Å². The van der Waals surface area contributed by atoms with Gasteiger partial charge in [0.25, 0.3) is 5.84 Å². The van der Waals surface area contributed by atoms with Crippen molar-refractivity contribution < 1.29 is 4.99 Å². The summed E-state index contributed by atoms with van der Waals surface area (Å²) >= 11 is 2.28. The number of nitrogens with zero attached hydrogens (tertiary/aromatic N) is 1. The third-order valence-corrected chi connectivity index (χ3v) is 3.51. The Morgan fingerprint density at radius 1 is 0.944 bits per heavy atom. The number of hydrogen-bond donors (Lipinski definition) is 2. The molecule has 1 aliphatic rings. The summed E-state index contributed by atoms with van der Waals surface area (Å²) < 4.78 is 1.20. The standard InChI is InChI=1S/C14H10IN3/c15-9-5-7-10(8-6-9)17-14-12-4-2-1-3-11(12)13(16)18-14/h1-8H,(H2,16,17,18)/p+1. The lowest BCUT2D eigenvalue weighted by Crippen LogP contribution is -2.76. The van der Waals surface area contributed by atoms with Gasteiger partial charge in [-0.1, -0.05) is 12.1 Å². The molecule has 4 heteroatoms. The largest absolute Gasteiger partial charge is 0.318 e. The fraction of sp³-hybridized carbons (Fsp3) is 0. The quantitative estimate of drug-likeness (QED) is 0.747. The summed E-state index contributed by atoms with van der Waals surface area (Å²) in [4.78, 5) is 7.72. The molecule has 88 valence electrons. The topological polar surface area (TPSA) is 52.4 Å². The van der Waals surface area contributed by atoms with E-state index in [4.69, 9.17) is 5.73 Å². The van der Waals surface area contributed by atoms with Crippen LogP contribution in [0.25, 0.3) is 0 Å². The number of nitrogens with one attached hydrogen (secondary N) is 1. The third kappa shape index (κ3) is 2.03. The highest BCUT2D eigenvalue weighted by atomic mass is 127. The van der Waals surface area contributed by atoms with Crippen LogP contribution in [0.15, 0.2) is 53.5 Å². The molecule has 3 N–H and O–H groups in total. The van der Waals surface area contributed by atoms with Crippen molar-refractivity contribution in [3.8, 4) is 0 Å². The number of nitrogens with two attached hydrogens (primary N) is 1. The number of fused-ring (bicyclic) bond motifs is 1. The summed E-state index contributed by atoms with van der Waals surface area (Å²) in [6.45, 7) is 0. The van der Waals surface area contributed by atoms with Crippen molar-refractivity contribution in [1.82, 2.24) is 0 Å². The van der Waals surface area contributed by atoms with Gasteiger partial charge in [0.15, 0.2) is 0 Å². The fourth-order valence-electron chi connectivity index (χ4n) is 1.92. The molecule has 0 unspecified atom stereocenters. The van der Waals surface area contributed by atoms with Crippen LogP contribution in [0.2, 0.25) is 0 Å². The average Bonchev–Trinajstić information content (AvgIpc) is 2.70. The van der Waals surface area contributed by atoms with Crippen LogP contribution in [0, 0.1) is 3.57 Å². The first kappa shape index (κ1) is 11.4. The van der Waals surface area contributed by atoms with Crippen molar-refractivity contribution >= 4 is 39.9 Å². The molecule has 1 heterocycles. The number of aliphatic imine (C=N–C) groups is 1. The second-order valence-electron chi connectivity index (χ2n) is 4.02. The van der Waals surface area contributed by atoms with E-state index in [1.165, 1.54) is 3.57 Å². The van der Waals surface area contributed by atoms with Crippen molar-refractivity contribution in [3.63, 3.8) is 0 Å². The zero-order valence-corrected chi connectivity index (χ0v) is 11.7. The summed E-state index contributed by atoms with van der Waals surface area (Å²) in [6, 6.07) is 16.0. The molecular weight excluding hydrogens is 337 g/mol. The van der Waals surface area contributed by atoms with Crippen LogP contribution in [0.4, 0.5) is 5.69 Å². The lowest BCUT2D eigenvalue weighted by Gasteiger charge is -1.94. The first-order valence-electron chi connectivity index (χ1n) is 5.57. The fourth-order valence-corrected chi connectivity index (χ4v) is 2.28. The van der Waals surface area contributed by atoms with Gasteiger partial charge in [-0.25, -0.2) is 4.99 Å². The lowest BCUT2D eigenvalue weighted by atomic mass is 10.1. The van der Waals surface area contributed by atoms with E-state index < -0.39 is 0 Å². The molecule has 1 aliphatic heterocycles. The Labute approximate surface area is 119 Å². The Balaban J connectivity index is 2.07. The normalized spacial score (nSPS) is 15.6. The van der Waals surface area contributed by atoms with Gasteiger partial charge in [0.2, 0.25) is 5.84 Å². The maximum atomic E-state index is 5.94. The highest BCUT2D eigenvalue weighted by molar-refractivity contribution is 14.1. The SMILES string of the molecule is NC1=[NH+]C(=Nc2ccc(I)cc2)c2ccccc21. The average molecular weight is 348 g/mol. The van der Waals surface area contributed by atoms with Crippen molar-refractivity contribution in [3.05, 3.63) is 63.2 Å². The van der Waals surface area contributed by atoms with Gasteiger partial charge >= 0.3 is 0 Å². The maximum Gasteiger partial charge on any atom is 0.269 e. The summed E-state index contributed by atoms with van der Waals surface area (Å²) in [5.74, 6) is 1.47. The molecule has 0 saturated heterocycles. The maximum absolute atomic E-state index is 5.94. The molecule has 0 aliphatic carbocycles. The summed E-state index contributed by atoms with van der Waals surface area (Å²) in [5, 5.41) is 0. The van der Waals surface area contributed by atoms with Gasteiger partial charge in [0.1, 0.15) is 5.69 Å². The molecule has 0 saturated carbocycles. The molecule has 0 aromatic heterocycles. The van der Waals surface area contributed by atoms with Gasteiger partial charge in [0, 0.05) is 3.57 Å². The zero-order valence-electron chi connectivity index (χ0n) is 9.52. The van der Waals surface area contributed by atoms with E-state index in [1.807, 2.05) is 48.5 Å². The Hall–Kier alpha value is -1.69. The van der Waals surface area contributed by atoms with Gasteiger partial charge in [-0.05, 0) is 59.0 Å². The second-order valence-corrected chi connectivity index (χ2v) is 5.27. The van der Waals surface area contributed by atoms with Crippen molar-refractivity contribution in [2.24, 2.45) is 10.7 Å². The summed E-state index contributed by atoms with van der Waals surface area (Å²) in [6.07, 6.45) is 0. The monoisotopic (exact) mass is 348 g/mol. The smallest absolute Gasteiger partial charge is 0.269 e. The molecule has 0 atom stereocenters. The summed E-state index contributed by atoms with van der Waals surface area (Å²) in [7, 11) is 0. The first-order chi connectivity index (χ1) is 8.74. The molecule has 3 rings (SSSR count). The highest BCUT2D eigenvalue weighted by Crippen LogP contribution is 2.17. The molecule has 2 aromatic carbocycles. The molecule has 0 fully saturated rings. The Bertz CT molecular complexity index is 657. The van der Waals surface area contributed by atoms with E-state index in [0.29, 0.717) is 5.84 Å². The van der Waals surface area contributed by atoms with E-state index in [2.05, 4.69) is 32.6 Å². The van der Waals surface area contributed by atoms with Crippen molar-refractivity contribution in [2.75, 3.05) is 0 Å². The highest BCUT2D eigenvalue weighted by Gasteiger charge is 2.23. The summed E-state index contributed by atoms with van der Waals surface area (Å²) in [5.41, 5.74) is 8.92. The van der Waals surface area contributed by atoms with Crippen LogP contribution in [0.1, 0.15) is 11.1 Å². The van der Waals surface area contributed by atoms with Gasteiger partial charge in [-0.15, -0.1) is 4.99 Å². The Morgan fingerprint density at radius 2 is 1.61 bits per heavy atom. The van der Waals surface area contributed by atoms with Gasteiger partial charge < -0.3 is 5.73 Å². The third-order valence-electron chi connectivity index (χ3n) is 2.79.